The number of ether oxygens (including phenoxy) is 2. The van der Waals surface area contributed by atoms with Crippen molar-refractivity contribution in [2.45, 2.75) is 51.4 Å². The number of pyridine rings is 1. The van der Waals surface area contributed by atoms with Crippen LogP contribution in [0.3, 0.4) is 0 Å². The van der Waals surface area contributed by atoms with Crippen LogP contribution in [-0.2, 0) is 29.2 Å². The van der Waals surface area contributed by atoms with Crippen LogP contribution < -0.4 is 25.4 Å². The van der Waals surface area contributed by atoms with Crippen molar-refractivity contribution in [2.24, 2.45) is 5.73 Å². The zero-order valence-corrected chi connectivity index (χ0v) is 22.5. The SMILES string of the molecule is COc1ccc(N2Cc3ccc(CN4Cc5cnc(NC(=O)C(N)=O)cc5C4=O)cc3C2=O)cc1OC1CCCC1. The number of primary amides is 1. The minimum absolute atomic E-state index is 0.0706. The highest BCUT2D eigenvalue weighted by Gasteiger charge is 2.32. The van der Waals surface area contributed by atoms with Crippen LogP contribution in [0.4, 0.5) is 11.5 Å². The number of amides is 4. The van der Waals surface area contributed by atoms with Gasteiger partial charge in [0.05, 0.1) is 19.8 Å². The first-order chi connectivity index (χ1) is 19.8. The molecular formula is C30H29N5O6. The molecule has 0 bridgehead atoms. The summed E-state index contributed by atoms with van der Waals surface area (Å²) in [5.41, 5.74) is 9.12. The van der Waals surface area contributed by atoms with Crippen LogP contribution in [-0.4, -0.2) is 46.7 Å². The smallest absolute Gasteiger partial charge is 0.314 e. The number of nitrogens with one attached hydrogen (secondary N) is 1. The van der Waals surface area contributed by atoms with Crippen LogP contribution in [0.15, 0.2) is 48.7 Å². The number of carbonyl (C=O) groups excluding carboxylic acids is 4. The molecular weight excluding hydrogens is 526 g/mol. The van der Waals surface area contributed by atoms with Crippen molar-refractivity contribution in [1.82, 2.24) is 9.88 Å². The molecule has 3 heterocycles. The molecule has 2 aromatic carbocycles. The lowest BCUT2D eigenvalue weighted by molar-refractivity contribution is -0.134. The van der Waals surface area contributed by atoms with Gasteiger partial charge >= 0.3 is 11.8 Å². The molecule has 0 spiro atoms. The first kappa shape index (κ1) is 26.3. The molecule has 11 heteroatoms. The van der Waals surface area contributed by atoms with Crippen LogP contribution in [0.1, 0.15) is 63.1 Å². The number of nitrogens with zero attached hydrogens (tertiary/aromatic N) is 3. The van der Waals surface area contributed by atoms with Crippen molar-refractivity contribution in [2.75, 3.05) is 17.3 Å². The van der Waals surface area contributed by atoms with Crippen LogP contribution >= 0.6 is 0 Å². The van der Waals surface area contributed by atoms with E-state index in [1.807, 2.05) is 36.4 Å². The summed E-state index contributed by atoms with van der Waals surface area (Å²) >= 11 is 0. The average molecular weight is 556 g/mol. The highest BCUT2D eigenvalue weighted by atomic mass is 16.5. The number of rotatable bonds is 7. The van der Waals surface area contributed by atoms with Gasteiger partial charge in [-0.1, -0.05) is 12.1 Å². The Hall–Kier alpha value is -4.93. The van der Waals surface area contributed by atoms with Gasteiger partial charge in [0.1, 0.15) is 5.82 Å². The molecule has 1 fully saturated rings. The van der Waals surface area contributed by atoms with Gasteiger partial charge in [-0.3, -0.25) is 19.2 Å². The number of carbonyl (C=O) groups is 4. The van der Waals surface area contributed by atoms with Crippen LogP contribution in [0.5, 0.6) is 11.5 Å². The van der Waals surface area contributed by atoms with Gasteiger partial charge < -0.3 is 30.3 Å². The fraction of sp³-hybridized carbons (Fsp3) is 0.300. The molecule has 6 rings (SSSR count). The summed E-state index contributed by atoms with van der Waals surface area (Å²) in [5.74, 6) is -1.16. The number of methoxy groups -OCH3 is 1. The molecule has 3 aliphatic rings. The molecule has 2 aliphatic heterocycles. The Labute approximate surface area is 236 Å². The summed E-state index contributed by atoms with van der Waals surface area (Å²) in [4.78, 5) is 56.7. The maximum Gasteiger partial charge on any atom is 0.314 e. The summed E-state index contributed by atoms with van der Waals surface area (Å²) < 4.78 is 11.7. The third kappa shape index (κ3) is 5.06. The minimum atomic E-state index is -1.14. The average Bonchev–Trinajstić information content (AvgIpc) is 3.67. The fourth-order valence-electron chi connectivity index (χ4n) is 5.62. The molecule has 1 saturated carbocycles. The van der Waals surface area contributed by atoms with E-state index in [4.69, 9.17) is 15.2 Å². The van der Waals surface area contributed by atoms with E-state index < -0.39 is 11.8 Å². The standard InChI is InChI=1S/C30H29N5O6/c1-40-24-9-8-20(11-25(24)41-21-4-2-3-5-21)35-16-18-7-6-17(10-22(18)30(35)39)14-34-15-19-13-32-26(12-23(19)29(34)38)33-28(37)27(31)36/h6-13,21H,2-5,14-16H2,1H3,(H2,31,36)(H,32,33,37). The number of fused-ring (bicyclic) bond motifs is 2. The molecule has 0 atom stereocenters. The van der Waals surface area contributed by atoms with E-state index in [0.29, 0.717) is 47.8 Å². The summed E-state index contributed by atoms with van der Waals surface area (Å²) in [5, 5.41) is 2.28. The second-order valence-electron chi connectivity index (χ2n) is 10.4. The maximum atomic E-state index is 13.5. The van der Waals surface area contributed by atoms with Gasteiger partial charge in [0.15, 0.2) is 11.5 Å². The summed E-state index contributed by atoms with van der Waals surface area (Å²) in [6.07, 6.45) is 5.97. The lowest BCUT2D eigenvalue weighted by atomic mass is 10.1. The molecule has 0 radical (unpaired) electrons. The summed E-state index contributed by atoms with van der Waals surface area (Å²) in [6, 6.07) is 12.7. The first-order valence-corrected chi connectivity index (χ1v) is 13.5. The molecule has 1 aliphatic carbocycles. The quantitative estimate of drug-likeness (QED) is 0.426. The van der Waals surface area contributed by atoms with E-state index in [0.717, 1.165) is 42.5 Å². The van der Waals surface area contributed by atoms with E-state index in [-0.39, 0.29) is 23.7 Å². The zero-order valence-electron chi connectivity index (χ0n) is 22.5. The normalized spacial score (nSPS) is 16.1. The van der Waals surface area contributed by atoms with Gasteiger partial charge in [0.2, 0.25) is 0 Å². The minimum Gasteiger partial charge on any atom is -0.493 e. The van der Waals surface area contributed by atoms with E-state index in [2.05, 4.69) is 10.3 Å². The zero-order chi connectivity index (χ0) is 28.7. The third-order valence-electron chi connectivity index (χ3n) is 7.74. The van der Waals surface area contributed by atoms with Crippen molar-refractivity contribution < 1.29 is 28.7 Å². The largest absolute Gasteiger partial charge is 0.493 e. The Kier molecular flexibility index (Phi) is 6.78. The second kappa shape index (κ2) is 10.6. The van der Waals surface area contributed by atoms with Crippen molar-refractivity contribution >= 4 is 35.1 Å². The van der Waals surface area contributed by atoms with E-state index >= 15 is 0 Å². The Bertz CT molecular complexity index is 1580. The molecule has 1 aromatic heterocycles. The van der Waals surface area contributed by atoms with Crippen LogP contribution in [0.25, 0.3) is 0 Å². The van der Waals surface area contributed by atoms with Gasteiger partial charge in [-0.2, -0.15) is 0 Å². The van der Waals surface area contributed by atoms with Crippen molar-refractivity contribution in [3.8, 4) is 11.5 Å². The summed E-state index contributed by atoms with van der Waals surface area (Å²) in [7, 11) is 1.61. The highest BCUT2D eigenvalue weighted by molar-refractivity contribution is 6.39. The van der Waals surface area contributed by atoms with Crippen molar-refractivity contribution in [3.05, 3.63) is 76.5 Å². The molecule has 210 valence electrons. The van der Waals surface area contributed by atoms with E-state index in [1.165, 1.54) is 12.3 Å². The van der Waals surface area contributed by atoms with Gasteiger partial charge in [-0.25, -0.2) is 4.98 Å². The number of nitrogens with two attached hydrogens (primary N) is 1. The first-order valence-electron chi connectivity index (χ1n) is 13.5. The molecule has 3 aromatic rings. The van der Waals surface area contributed by atoms with Gasteiger partial charge in [0, 0.05) is 47.7 Å². The fourth-order valence-corrected chi connectivity index (χ4v) is 5.62. The molecule has 0 unspecified atom stereocenters. The van der Waals surface area contributed by atoms with Gasteiger partial charge in [0.25, 0.3) is 11.8 Å². The predicted molar refractivity (Wildman–Crippen MR) is 148 cm³/mol. The Morgan fingerprint density at radius 3 is 2.51 bits per heavy atom. The number of aromatic nitrogens is 1. The number of benzene rings is 2. The van der Waals surface area contributed by atoms with E-state index in [9.17, 15) is 19.2 Å². The molecule has 0 saturated heterocycles. The molecule has 41 heavy (non-hydrogen) atoms. The van der Waals surface area contributed by atoms with Crippen molar-refractivity contribution in [1.29, 1.82) is 0 Å². The Balaban J connectivity index is 1.17. The molecule has 3 N–H and O–H groups in total. The Morgan fingerprint density at radius 2 is 1.76 bits per heavy atom. The number of hydrogen-bond acceptors (Lipinski definition) is 7. The predicted octanol–water partition coefficient (Wildman–Crippen LogP) is 3.15. The van der Waals surface area contributed by atoms with Crippen LogP contribution in [0.2, 0.25) is 0 Å². The topological polar surface area (TPSA) is 144 Å². The highest BCUT2D eigenvalue weighted by Crippen LogP contribution is 2.38. The lowest BCUT2D eigenvalue weighted by Gasteiger charge is -2.20. The monoisotopic (exact) mass is 555 g/mol. The van der Waals surface area contributed by atoms with Crippen molar-refractivity contribution in [3.63, 3.8) is 0 Å². The Morgan fingerprint density at radius 1 is 0.976 bits per heavy atom. The summed E-state index contributed by atoms with van der Waals surface area (Å²) in [6.45, 7) is 1.06. The number of anilines is 2. The van der Waals surface area contributed by atoms with Gasteiger partial charge in [-0.05, 0) is 61.1 Å². The van der Waals surface area contributed by atoms with Gasteiger partial charge in [-0.15, -0.1) is 0 Å². The number of hydrogen-bond donors (Lipinski definition) is 2. The molecule has 11 nitrogen and oxygen atoms in total. The lowest BCUT2D eigenvalue weighted by Crippen LogP contribution is -2.30. The second-order valence-corrected chi connectivity index (χ2v) is 10.4. The molecule has 4 amide bonds. The van der Waals surface area contributed by atoms with E-state index in [1.54, 1.807) is 16.9 Å². The maximum absolute atomic E-state index is 13.5. The third-order valence-corrected chi connectivity index (χ3v) is 7.74. The van der Waals surface area contributed by atoms with Crippen LogP contribution in [0, 0.1) is 0 Å².